The van der Waals surface area contributed by atoms with E-state index < -0.39 is 6.10 Å². The molecule has 2 atom stereocenters. The molecule has 3 rings (SSSR count). The Bertz CT molecular complexity index is 606. The summed E-state index contributed by atoms with van der Waals surface area (Å²) in [5, 5.41) is 10.6. The number of aliphatic hydroxyl groups excluding tert-OH is 1. The van der Waals surface area contributed by atoms with Gasteiger partial charge in [-0.1, -0.05) is 24.3 Å². The first-order valence-corrected chi connectivity index (χ1v) is 7.56. The highest BCUT2D eigenvalue weighted by Crippen LogP contribution is 2.34. The monoisotopic (exact) mass is 286 g/mol. The fourth-order valence-corrected chi connectivity index (χ4v) is 3.00. The summed E-state index contributed by atoms with van der Waals surface area (Å²) >= 11 is 0. The van der Waals surface area contributed by atoms with Gasteiger partial charge in [-0.15, -0.1) is 0 Å². The molecule has 0 amide bonds. The first-order chi connectivity index (χ1) is 10.2. The van der Waals surface area contributed by atoms with Gasteiger partial charge in [-0.05, 0) is 31.4 Å². The molecule has 0 saturated carbocycles. The number of fused-ring (bicyclic) bond motifs is 1. The Morgan fingerprint density at radius 1 is 1.38 bits per heavy atom. The van der Waals surface area contributed by atoms with Crippen LogP contribution in [0.4, 0.5) is 0 Å². The summed E-state index contributed by atoms with van der Waals surface area (Å²) < 4.78 is 7.90. The molecule has 1 aliphatic heterocycles. The van der Waals surface area contributed by atoms with Crippen LogP contribution in [-0.4, -0.2) is 21.3 Å². The number of hydrogen-bond acceptors (Lipinski definition) is 3. The molecule has 0 radical (unpaired) electrons. The predicted molar refractivity (Wildman–Crippen MR) is 81.0 cm³/mol. The molecule has 1 aromatic carbocycles. The summed E-state index contributed by atoms with van der Waals surface area (Å²) in [6, 6.07) is 8.63. The standard InChI is InChI=1S/C17H22N2O2/c1-12(2)19-11-18-10-15(19)16(20)9-17-14-6-4-3-5-13(14)7-8-21-17/h3-6,10-12,16-17,20H,7-9H2,1-2H3. The van der Waals surface area contributed by atoms with Crippen LogP contribution in [0, 0.1) is 0 Å². The van der Waals surface area contributed by atoms with Gasteiger partial charge >= 0.3 is 0 Å². The minimum absolute atomic E-state index is 0.0412. The SMILES string of the molecule is CC(C)n1cncc1C(O)CC1OCCc2ccccc21. The van der Waals surface area contributed by atoms with Crippen molar-refractivity contribution in [3.05, 3.63) is 53.6 Å². The van der Waals surface area contributed by atoms with Crippen molar-refractivity contribution in [1.82, 2.24) is 9.55 Å². The largest absolute Gasteiger partial charge is 0.387 e. The van der Waals surface area contributed by atoms with E-state index in [-0.39, 0.29) is 12.1 Å². The Kier molecular flexibility index (Phi) is 4.08. The highest BCUT2D eigenvalue weighted by atomic mass is 16.5. The molecule has 21 heavy (non-hydrogen) atoms. The molecule has 1 aliphatic rings. The molecule has 4 heteroatoms. The van der Waals surface area contributed by atoms with Crippen LogP contribution in [0.5, 0.6) is 0 Å². The second-order valence-electron chi connectivity index (χ2n) is 5.88. The van der Waals surface area contributed by atoms with E-state index >= 15 is 0 Å². The Morgan fingerprint density at radius 2 is 2.19 bits per heavy atom. The summed E-state index contributed by atoms with van der Waals surface area (Å²) in [5.74, 6) is 0. The maximum absolute atomic E-state index is 10.6. The van der Waals surface area contributed by atoms with Crippen molar-refractivity contribution < 1.29 is 9.84 Å². The number of benzene rings is 1. The van der Waals surface area contributed by atoms with E-state index in [2.05, 4.69) is 37.0 Å². The lowest BCUT2D eigenvalue weighted by atomic mass is 9.93. The topological polar surface area (TPSA) is 47.3 Å². The van der Waals surface area contributed by atoms with E-state index in [0.29, 0.717) is 6.42 Å². The molecular formula is C17H22N2O2. The van der Waals surface area contributed by atoms with Crippen LogP contribution in [-0.2, 0) is 11.2 Å². The minimum atomic E-state index is -0.564. The lowest BCUT2D eigenvalue weighted by Gasteiger charge is -2.28. The molecule has 0 bridgehead atoms. The predicted octanol–water partition coefficient (Wildman–Crippen LogP) is 3.20. The van der Waals surface area contributed by atoms with Gasteiger partial charge < -0.3 is 14.4 Å². The normalized spacial score (nSPS) is 19.5. The van der Waals surface area contributed by atoms with Gasteiger partial charge in [-0.2, -0.15) is 0 Å². The third kappa shape index (κ3) is 2.87. The second-order valence-corrected chi connectivity index (χ2v) is 5.88. The maximum Gasteiger partial charge on any atom is 0.0984 e. The van der Waals surface area contributed by atoms with E-state index in [4.69, 9.17) is 4.74 Å². The zero-order chi connectivity index (χ0) is 14.8. The van der Waals surface area contributed by atoms with E-state index in [1.54, 1.807) is 12.5 Å². The van der Waals surface area contributed by atoms with Crippen molar-refractivity contribution in [2.45, 2.75) is 44.9 Å². The van der Waals surface area contributed by atoms with Gasteiger partial charge in [0, 0.05) is 12.5 Å². The van der Waals surface area contributed by atoms with Crippen molar-refractivity contribution in [1.29, 1.82) is 0 Å². The quantitative estimate of drug-likeness (QED) is 0.939. The van der Waals surface area contributed by atoms with Crippen LogP contribution in [0.2, 0.25) is 0 Å². The summed E-state index contributed by atoms with van der Waals surface area (Å²) in [6.45, 7) is 4.90. The van der Waals surface area contributed by atoms with Crippen LogP contribution in [0.25, 0.3) is 0 Å². The molecule has 112 valence electrons. The van der Waals surface area contributed by atoms with Crippen LogP contribution in [0.1, 0.15) is 55.3 Å². The molecule has 2 heterocycles. The first-order valence-electron chi connectivity index (χ1n) is 7.56. The Morgan fingerprint density at radius 3 is 3.00 bits per heavy atom. The molecule has 0 aliphatic carbocycles. The third-order valence-corrected chi connectivity index (χ3v) is 4.12. The molecule has 2 unspecified atom stereocenters. The van der Waals surface area contributed by atoms with Gasteiger partial charge in [-0.25, -0.2) is 4.98 Å². The van der Waals surface area contributed by atoms with E-state index in [9.17, 15) is 5.11 Å². The number of rotatable bonds is 4. The van der Waals surface area contributed by atoms with E-state index in [0.717, 1.165) is 18.7 Å². The number of hydrogen-bond donors (Lipinski definition) is 1. The zero-order valence-electron chi connectivity index (χ0n) is 12.6. The van der Waals surface area contributed by atoms with Gasteiger partial charge in [0.1, 0.15) is 0 Å². The summed E-state index contributed by atoms with van der Waals surface area (Å²) in [7, 11) is 0. The highest BCUT2D eigenvalue weighted by molar-refractivity contribution is 5.31. The lowest BCUT2D eigenvalue weighted by molar-refractivity contribution is 0.00183. The molecule has 0 spiro atoms. The smallest absolute Gasteiger partial charge is 0.0984 e. The van der Waals surface area contributed by atoms with Crippen molar-refractivity contribution in [3.8, 4) is 0 Å². The highest BCUT2D eigenvalue weighted by Gasteiger charge is 2.25. The molecule has 1 aromatic heterocycles. The number of imidazole rings is 1. The average Bonchev–Trinajstić information content (AvgIpc) is 2.97. The van der Waals surface area contributed by atoms with Gasteiger partial charge in [0.05, 0.1) is 37.0 Å². The van der Waals surface area contributed by atoms with Crippen LogP contribution >= 0.6 is 0 Å². The van der Waals surface area contributed by atoms with Crippen LogP contribution < -0.4 is 0 Å². The Hall–Kier alpha value is -1.65. The van der Waals surface area contributed by atoms with E-state index in [1.165, 1.54) is 11.1 Å². The van der Waals surface area contributed by atoms with Gasteiger partial charge in [-0.3, -0.25) is 0 Å². The summed E-state index contributed by atoms with van der Waals surface area (Å²) in [5.41, 5.74) is 3.40. The molecule has 0 saturated heterocycles. The zero-order valence-corrected chi connectivity index (χ0v) is 12.6. The maximum atomic E-state index is 10.6. The van der Waals surface area contributed by atoms with Gasteiger partial charge in [0.15, 0.2) is 0 Å². The summed E-state index contributed by atoms with van der Waals surface area (Å²) in [6.07, 6.45) is 4.44. The number of ether oxygens (including phenoxy) is 1. The van der Waals surface area contributed by atoms with Gasteiger partial charge in [0.25, 0.3) is 0 Å². The third-order valence-electron chi connectivity index (χ3n) is 4.12. The van der Waals surface area contributed by atoms with Crippen molar-refractivity contribution in [3.63, 3.8) is 0 Å². The molecule has 4 nitrogen and oxygen atoms in total. The van der Waals surface area contributed by atoms with Crippen LogP contribution in [0.15, 0.2) is 36.8 Å². The van der Waals surface area contributed by atoms with Crippen molar-refractivity contribution in [2.24, 2.45) is 0 Å². The van der Waals surface area contributed by atoms with Crippen LogP contribution in [0.3, 0.4) is 0 Å². The molecular weight excluding hydrogens is 264 g/mol. The second kappa shape index (κ2) is 6.00. The molecule has 1 N–H and O–H groups in total. The summed E-state index contributed by atoms with van der Waals surface area (Å²) in [4.78, 5) is 4.16. The van der Waals surface area contributed by atoms with Crippen molar-refractivity contribution in [2.75, 3.05) is 6.61 Å². The fourth-order valence-electron chi connectivity index (χ4n) is 3.00. The number of aliphatic hydroxyl groups is 1. The first kappa shape index (κ1) is 14.3. The molecule has 2 aromatic rings. The lowest BCUT2D eigenvalue weighted by Crippen LogP contribution is -2.19. The number of nitrogens with zero attached hydrogens (tertiary/aromatic N) is 2. The Balaban J connectivity index is 1.79. The minimum Gasteiger partial charge on any atom is -0.387 e. The van der Waals surface area contributed by atoms with E-state index in [1.807, 2.05) is 10.6 Å². The van der Waals surface area contributed by atoms with Crippen molar-refractivity contribution >= 4 is 0 Å². The van der Waals surface area contributed by atoms with Gasteiger partial charge in [0.2, 0.25) is 0 Å². The number of aromatic nitrogens is 2. The Labute approximate surface area is 125 Å². The average molecular weight is 286 g/mol. The molecule has 0 fully saturated rings. The fraction of sp³-hybridized carbons (Fsp3) is 0.471.